The first-order valence-electron chi connectivity index (χ1n) is 7.80. The molecule has 0 radical (unpaired) electrons. The van der Waals surface area contributed by atoms with Crippen LogP contribution in [-0.4, -0.2) is 48.9 Å². The zero-order valence-electron chi connectivity index (χ0n) is 13.8. The summed E-state index contributed by atoms with van der Waals surface area (Å²) in [5, 5.41) is 0. The van der Waals surface area contributed by atoms with Gasteiger partial charge in [-0.15, -0.1) is 0 Å². The predicted molar refractivity (Wildman–Crippen MR) is 92.3 cm³/mol. The van der Waals surface area contributed by atoms with E-state index in [0.29, 0.717) is 13.3 Å². The Morgan fingerprint density at radius 1 is 1.19 bits per heavy atom. The van der Waals surface area contributed by atoms with Crippen LogP contribution in [0.3, 0.4) is 0 Å². The average Bonchev–Trinajstić information content (AvgIpc) is 2.50. The first-order valence-corrected chi connectivity index (χ1v) is 8.96. The molecule has 21 heavy (non-hydrogen) atoms. The standard InChI is InChI=1S/C17H29NO2S/c1-5-18(6-2)14-20-17(13-21-7-3)12-19-16-10-8-9-15(4)11-16/h8-11,17H,5-7,12-14H2,1-4H3. The molecule has 1 aromatic rings. The van der Waals surface area contributed by atoms with Crippen molar-refractivity contribution in [1.82, 2.24) is 4.90 Å². The fourth-order valence-corrected chi connectivity index (χ4v) is 2.60. The van der Waals surface area contributed by atoms with Gasteiger partial charge in [-0.25, -0.2) is 0 Å². The molecule has 0 fully saturated rings. The number of hydrogen-bond donors (Lipinski definition) is 0. The van der Waals surface area contributed by atoms with Gasteiger partial charge in [0.2, 0.25) is 0 Å². The maximum Gasteiger partial charge on any atom is 0.119 e. The zero-order chi connectivity index (χ0) is 15.5. The predicted octanol–water partition coefficient (Wildman–Crippen LogP) is 3.81. The van der Waals surface area contributed by atoms with E-state index in [1.54, 1.807) is 0 Å². The maximum absolute atomic E-state index is 6.02. The molecule has 0 spiro atoms. The molecular formula is C17H29NO2S. The first-order chi connectivity index (χ1) is 10.2. The molecule has 120 valence electrons. The lowest BCUT2D eigenvalue weighted by Gasteiger charge is -2.23. The van der Waals surface area contributed by atoms with Crippen molar-refractivity contribution in [3.05, 3.63) is 29.8 Å². The van der Waals surface area contributed by atoms with Crippen LogP contribution in [-0.2, 0) is 4.74 Å². The van der Waals surface area contributed by atoms with Gasteiger partial charge in [0.25, 0.3) is 0 Å². The Bertz CT molecular complexity index is 383. The molecule has 0 saturated heterocycles. The normalized spacial score (nSPS) is 12.6. The molecule has 0 bridgehead atoms. The summed E-state index contributed by atoms with van der Waals surface area (Å²) in [5.74, 6) is 3.01. The van der Waals surface area contributed by atoms with Gasteiger partial charge < -0.3 is 9.47 Å². The average molecular weight is 311 g/mol. The second-order valence-corrected chi connectivity index (χ2v) is 6.33. The van der Waals surface area contributed by atoms with Crippen LogP contribution in [0.5, 0.6) is 5.75 Å². The Morgan fingerprint density at radius 3 is 2.57 bits per heavy atom. The summed E-state index contributed by atoms with van der Waals surface area (Å²) >= 11 is 1.90. The van der Waals surface area contributed by atoms with Crippen LogP contribution in [0.25, 0.3) is 0 Å². The quantitative estimate of drug-likeness (QED) is 0.579. The van der Waals surface area contributed by atoms with Crippen LogP contribution >= 0.6 is 11.8 Å². The maximum atomic E-state index is 6.02. The number of thioether (sulfide) groups is 1. The highest BCUT2D eigenvalue weighted by molar-refractivity contribution is 7.99. The largest absolute Gasteiger partial charge is 0.491 e. The van der Waals surface area contributed by atoms with E-state index < -0.39 is 0 Å². The number of benzene rings is 1. The Balaban J connectivity index is 2.45. The van der Waals surface area contributed by atoms with E-state index in [-0.39, 0.29) is 6.10 Å². The number of nitrogens with zero attached hydrogens (tertiary/aromatic N) is 1. The highest BCUT2D eigenvalue weighted by Gasteiger charge is 2.12. The van der Waals surface area contributed by atoms with E-state index in [1.807, 2.05) is 23.9 Å². The van der Waals surface area contributed by atoms with Crippen molar-refractivity contribution in [3.8, 4) is 5.75 Å². The molecule has 1 unspecified atom stereocenters. The Kier molecular flexibility index (Phi) is 9.55. The fraction of sp³-hybridized carbons (Fsp3) is 0.647. The molecule has 0 aliphatic heterocycles. The number of hydrogen-bond acceptors (Lipinski definition) is 4. The van der Waals surface area contributed by atoms with Gasteiger partial charge in [0.05, 0.1) is 6.73 Å². The zero-order valence-corrected chi connectivity index (χ0v) is 14.6. The second-order valence-electron chi connectivity index (χ2n) is 5.01. The summed E-state index contributed by atoms with van der Waals surface area (Å²) in [7, 11) is 0. The molecule has 3 nitrogen and oxygen atoms in total. The van der Waals surface area contributed by atoms with Crippen LogP contribution in [0, 0.1) is 6.92 Å². The van der Waals surface area contributed by atoms with Gasteiger partial charge in [0.15, 0.2) is 0 Å². The third-order valence-electron chi connectivity index (χ3n) is 3.32. The molecule has 0 aliphatic carbocycles. The van der Waals surface area contributed by atoms with E-state index in [4.69, 9.17) is 9.47 Å². The smallest absolute Gasteiger partial charge is 0.119 e. The van der Waals surface area contributed by atoms with Crippen molar-refractivity contribution in [1.29, 1.82) is 0 Å². The molecule has 0 N–H and O–H groups in total. The molecule has 0 amide bonds. The Labute approximate surface area is 134 Å². The Hall–Kier alpha value is -0.710. The lowest BCUT2D eigenvalue weighted by molar-refractivity contribution is -0.0263. The van der Waals surface area contributed by atoms with Crippen molar-refractivity contribution in [2.45, 2.75) is 33.8 Å². The van der Waals surface area contributed by atoms with Crippen molar-refractivity contribution >= 4 is 11.8 Å². The van der Waals surface area contributed by atoms with Gasteiger partial charge in [-0.3, -0.25) is 4.90 Å². The van der Waals surface area contributed by atoms with Crippen LogP contribution in [0.4, 0.5) is 0 Å². The van der Waals surface area contributed by atoms with Crippen molar-refractivity contribution in [2.24, 2.45) is 0 Å². The number of rotatable bonds is 11. The summed E-state index contributed by atoms with van der Waals surface area (Å²) in [6, 6.07) is 8.17. The van der Waals surface area contributed by atoms with Gasteiger partial charge in [-0.1, -0.05) is 32.9 Å². The fourth-order valence-electron chi connectivity index (χ4n) is 1.90. The molecule has 4 heteroatoms. The summed E-state index contributed by atoms with van der Waals surface area (Å²) in [6.07, 6.45) is 0.135. The first kappa shape index (κ1) is 18.3. The van der Waals surface area contributed by atoms with Gasteiger partial charge in [0.1, 0.15) is 18.5 Å². The van der Waals surface area contributed by atoms with Gasteiger partial charge in [-0.05, 0) is 43.5 Å². The third-order valence-corrected chi connectivity index (χ3v) is 4.34. The monoisotopic (exact) mass is 311 g/mol. The SMILES string of the molecule is CCSCC(COc1cccc(C)c1)OCN(CC)CC. The number of aryl methyl sites for hydroxylation is 1. The van der Waals surface area contributed by atoms with E-state index in [0.717, 1.165) is 30.3 Å². The summed E-state index contributed by atoms with van der Waals surface area (Å²) in [6.45, 7) is 11.9. The molecule has 1 atom stereocenters. The minimum Gasteiger partial charge on any atom is -0.491 e. The lowest BCUT2D eigenvalue weighted by Crippen LogP contribution is -2.33. The van der Waals surface area contributed by atoms with Crippen LogP contribution in [0.15, 0.2) is 24.3 Å². The summed E-state index contributed by atoms with van der Waals surface area (Å²) < 4.78 is 11.9. The van der Waals surface area contributed by atoms with Gasteiger partial charge in [-0.2, -0.15) is 11.8 Å². The molecule has 0 heterocycles. The summed E-state index contributed by atoms with van der Waals surface area (Å²) in [5.41, 5.74) is 1.22. The molecule has 0 aliphatic rings. The van der Waals surface area contributed by atoms with Crippen molar-refractivity contribution in [3.63, 3.8) is 0 Å². The highest BCUT2D eigenvalue weighted by atomic mass is 32.2. The van der Waals surface area contributed by atoms with E-state index in [2.05, 4.69) is 44.7 Å². The highest BCUT2D eigenvalue weighted by Crippen LogP contribution is 2.14. The van der Waals surface area contributed by atoms with Crippen molar-refractivity contribution < 1.29 is 9.47 Å². The van der Waals surface area contributed by atoms with E-state index in [9.17, 15) is 0 Å². The molecule has 0 saturated carbocycles. The van der Waals surface area contributed by atoms with Crippen LogP contribution < -0.4 is 4.74 Å². The third kappa shape index (κ3) is 7.74. The van der Waals surface area contributed by atoms with Gasteiger partial charge >= 0.3 is 0 Å². The molecule has 0 aromatic heterocycles. The van der Waals surface area contributed by atoms with E-state index in [1.165, 1.54) is 5.56 Å². The molecule has 1 aromatic carbocycles. The minimum absolute atomic E-state index is 0.135. The topological polar surface area (TPSA) is 21.7 Å². The van der Waals surface area contributed by atoms with Crippen LogP contribution in [0.2, 0.25) is 0 Å². The molecular weight excluding hydrogens is 282 g/mol. The van der Waals surface area contributed by atoms with Crippen molar-refractivity contribution in [2.75, 3.05) is 37.9 Å². The second kappa shape index (κ2) is 10.9. The van der Waals surface area contributed by atoms with Crippen LogP contribution in [0.1, 0.15) is 26.3 Å². The van der Waals surface area contributed by atoms with E-state index >= 15 is 0 Å². The Morgan fingerprint density at radius 2 is 1.95 bits per heavy atom. The summed E-state index contributed by atoms with van der Waals surface area (Å²) in [4.78, 5) is 2.27. The molecule has 1 rings (SSSR count). The number of ether oxygens (including phenoxy) is 2. The van der Waals surface area contributed by atoms with Gasteiger partial charge in [0, 0.05) is 5.75 Å². The lowest BCUT2D eigenvalue weighted by atomic mass is 10.2. The minimum atomic E-state index is 0.135.